The third kappa shape index (κ3) is 7.95. The predicted octanol–water partition coefficient (Wildman–Crippen LogP) is 5.97. The average molecular weight is 796 g/mol. The highest BCUT2D eigenvalue weighted by Gasteiger charge is 2.48. The first-order valence-electron chi connectivity index (χ1n) is 15.1. The lowest BCUT2D eigenvalue weighted by Crippen LogP contribution is -2.62. The van der Waals surface area contributed by atoms with E-state index in [9.17, 15) is 13.6 Å². The van der Waals surface area contributed by atoms with E-state index in [2.05, 4.69) is 48.3 Å². The summed E-state index contributed by atoms with van der Waals surface area (Å²) >= 11 is 5.70. The Balaban J connectivity index is 1.37. The van der Waals surface area contributed by atoms with Crippen LogP contribution in [0.1, 0.15) is 46.5 Å². The van der Waals surface area contributed by atoms with Gasteiger partial charge in [0, 0.05) is 67.3 Å². The summed E-state index contributed by atoms with van der Waals surface area (Å²) in [5.41, 5.74) is -0.0341. The van der Waals surface area contributed by atoms with Crippen LogP contribution in [0.5, 0.6) is 11.8 Å². The van der Waals surface area contributed by atoms with Crippen LogP contribution >= 0.6 is 38.5 Å². The monoisotopic (exact) mass is 795 g/mol. The molecule has 3 aliphatic rings. The molecule has 0 aliphatic carbocycles. The topological polar surface area (TPSA) is 89.5 Å². The zero-order chi connectivity index (χ0) is 31.6. The van der Waals surface area contributed by atoms with Crippen LogP contribution in [0.3, 0.4) is 0 Å². The summed E-state index contributed by atoms with van der Waals surface area (Å²) in [6, 6.07) is 2.18. The molecule has 3 saturated heterocycles. The quantitative estimate of drug-likeness (QED) is 0.285. The number of amides is 1. The number of carbonyl (C=O) groups is 1. The van der Waals surface area contributed by atoms with Crippen LogP contribution < -0.4 is 14.4 Å². The molecule has 0 radical (unpaired) electrons. The Kier molecular flexibility index (Phi) is 10.6. The number of alkyl halides is 2. The lowest BCUT2D eigenvalue weighted by atomic mass is 9.72. The van der Waals surface area contributed by atoms with E-state index < -0.39 is 18.6 Å². The highest BCUT2D eigenvalue weighted by atomic mass is 127. The summed E-state index contributed by atoms with van der Waals surface area (Å²) in [4.78, 5) is 28.5. The first kappa shape index (κ1) is 33.6. The maximum Gasteiger partial charge on any atom is 0.410 e. The largest absolute Gasteiger partial charge is 0.484 e. The Morgan fingerprint density at radius 1 is 1.16 bits per heavy atom. The third-order valence-electron chi connectivity index (χ3n) is 8.40. The highest BCUT2D eigenvalue weighted by Crippen LogP contribution is 2.45. The van der Waals surface area contributed by atoms with Gasteiger partial charge < -0.3 is 33.6 Å². The number of ether oxygens (including phenoxy) is 4. The normalized spacial score (nSPS) is 19.5. The van der Waals surface area contributed by atoms with Gasteiger partial charge in [0.25, 0.3) is 6.43 Å². The number of fused-ring (bicyclic) bond motifs is 1. The van der Waals surface area contributed by atoms with Gasteiger partial charge in [-0.1, -0.05) is 0 Å². The molecule has 244 valence electrons. The second-order valence-electron chi connectivity index (χ2n) is 12.9. The maximum absolute atomic E-state index is 13.2. The molecule has 1 aromatic carbocycles. The number of anilines is 1. The van der Waals surface area contributed by atoms with E-state index in [1.54, 1.807) is 12.0 Å². The van der Waals surface area contributed by atoms with Crippen molar-refractivity contribution in [1.29, 1.82) is 0 Å². The van der Waals surface area contributed by atoms with Gasteiger partial charge in [-0.05, 0) is 91.0 Å². The fourth-order valence-electron chi connectivity index (χ4n) is 6.07. The lowest BCUT2D eigenvalue weighted by molar-refractivity contribution is -0.0434. The van der Waals surface area contributed by atoms with Gasteiger partial charge in [0.2, 0.25) is 0 Å². The molecule has 2 aromatic rings. The Bertz CT molecular complexity index is 1330. The third-order valence-corrected chi connectivity index (χ3v) is 10.8. The molecule has 10 nitrogen and oxygen atoms in total. The number of piperidine rings is 2. The molecule has 44 heavy (non-hydrogen) atoms. The highest BCUT2D eigenvalue weighted by molar-refractivity contribution is 14.1. The zero-order valence-electron chi connectivity index (χ0n) is 25.7. The van der Waals surface area contributed by atoms with Gasteiger partial charge in [0.05, 0.1) is 11.1 Å². The summed E-state index contributed by atoms with van der Waals surface area (Å²) < 4.78 is 50.6. The van der Waals surface area contributed by atoms with Crippen LogP contribution in [0, 0.1) is 8.99 Å². The number of carbonyl (C=O) groups excluding carboxylic acids is 1. The number of methoxy groups -OCH3 is 1. The molecule has 0 unspecified atom stereocenters. The number of likely N-dealkylation sites (tertiary alicyclic amines) is 2. The van der Waals surface area contributed by atoms with Crippen molar-refractivity contribution in [2.75, 3.05) is 71.0 Å². The average Bonchev–Trinajstić information content (AvgIpc) is 2.95. The van der Waals surface area contributed by atoms with Crippen molar-refractivity contribution >= 4 is 61.3 Å². The van der Waals surface area contributed by atoms with E-state index in [0.29, 0.717) is 35.5 Å². The minimum absolute atomic E-state index is 0.0509. The summed E-state index contributed by atoms with van der Waals surface area (Å²) in [6.07, 6.45) is 0.464. The number of hydrogen-bond acceptors (Lipinski definition) is 9. The molecule has 1 spiro atoms. The second-order valence-corrected chi connectivity index (χ2v) is 14.9. The lowest BCUT2D eigenvalue weighted by Gasteiger charge is -2.53. The molecule has 1 amide bonds. The summed E-state index contributed by atoms with van der Waals surface area (Å²) in [6.45, 7) is 11.0. The van der Waals surface area contributed by atoms with E-state index >= 15 is 0 Å². The molecule has 0 N–H and O–H groups in total. The number of halogens is 4. The van der Waals surface area contributed by atoms with Gasteiger partial charge in [-0.15, -0.1) is 0 Å². The van der Waals surface area contributed by atoms with Crippen LogP contribution in [0.25, 0.3) is 10.9 Å². The van der Waals surface area contributed by atoms with Gasteiger partial charge in [-0.25, -0.2) is 13.6 Å². The SMILES string of the molecule is COCCN1CCC(Oc2nc(N3CCC4(CC3)CN(C(=O)OC(C)(C)C)C4)c3cc(I)c(Br)c(OCC(F)F)c3n2)CC1. The van der Waals surface area contributed by atoms with Gasteiger partial charge in [-0.2, -0.15) is 9.97 Å². The van der Waals surface area contributed by atoms with Crippen molar-refractivity contribution in [2.45, 2.75) is 64.6 Å². The Morgan fingerprint density at radius 2 is 1.84 bits per heavy atom. The summed E-state index contributed by atoms with van der Waals surface area (Å²) in [7, 11) is 1.70. The molecule has 0 atom stereocenters. The first-order valence-corrected chi connectivity index (χ1v) is 16.9. The zero-order valence-corrected chi connectivity index (χ0v) is 29.5. The number of benzene rings is 1. The van der Waals surface area contributed by atoms with Crippen molar-refractivity contribution in [3.8, 4) is 11.8 Å². The van der Waals surface area contributed by atoms with E-state index in [1.165, 1.54) is 0 Å². The molecule has 1 aromatic heterocycles. The molecule has 0 saturated carbocycles. The van der Waals surface area contributed by atoms with Crippen LogP contribution in [-0.4, -0.2) is 110 Å². The van der Waals surface area contributed by atoms with Gasteiger partial charge in [0.1, 0.15) is 29.6 Å². The van der Waals surface area contributed by atoms with E-state index in [0.717, 1.165) is 67.4 Å². The van der Waals surface area contributed by atoms with Gasteiger partial charge in [0.15, 0.2) is 5.75 Å². The Labute approximate surface area is 279 Å². The van der Waals surface area contributed by atoms with E-state index in [1.807, 2.05) is 26.8 Å². The maximum atomic E-state index is 13.2. The Hall–Kier alpha value is -1.78. The molecule has 3 fully saturated rings. The standard InChI is InChI=1S/C30H41BrF2IN5O5/c1-29(2,3)44-28(40)39-17-30(18-39)7-11-38(12-8-30)26-20-15-21(34)23(31)25(42-16-22(32)33)24(20)35-27(36-26)43-19-5-9-37(10-6-19)13-14-41-4/h15,19,22H,5-14,16-18H2,1-4H3. The number of hydrogen-bond donors (Lipinski definition) is 0. The fraction of sp³-hybridized carbons (Fsp3) is 0.700. The minimum atomic E-state index is -2.63. The van der Waals surface area contributed by atoms with Crippen LogP contribution in [0.2, 0.25) is 0 Å². The Morgan fingerprint density at radius 3 is 2.45 bits per heavy atom. The van der Waals surface area contributed by atoms with Gasteiger partial charge in [-0.3, -0.25) is 0 Å². The number of nitrogens with zero attached hydrogens (tertiary/aromatic N) is 5. The number of rotatable bonds is 9. The fourth-order valence-corrected chi connectivity index (χ4v) is 7.04. The van der Waals surface area contributed by atoms with Crippen molar-refractivity contribution in [2.24, 2.45) is 5.41 Å². The predicted molar refractivity (Wildman–Crippen MR) is 175 cm³/mol. The second kappa shape index (κ2) is 13.9. The van der Waals surface area contributed by atoms with Gasteiger partial charge >= 0.3 is 12.1 Å². The van der Waals surface area contributed by atoms with Crippen LogP contribution in [-0.2, 0) is 9.47 Å². The molecular weight excluding hydrogens is 755 g/mol. The molecule has 5 rings (SSSR count). The first-order chi connectivity index (χ1) is 20.9. The summed E-state index contributed by atoms with van der Waals surface area (Å²) in [5.74, 6) is 0.962. The molecule has 3 aliphatic heterocycles. The molecule has 4 heterocycles. The summed E-state index contributed by atoms with van der Waals surface area (Å²) in [5, 5.41) is 0.726. The van der Waals surface area contributed by atoms with Crippen LogP contribution in [0.4, 0.5) is 19.4 Å². The van der Waals surface area contributed by atoms with Crippen molar-refractivity contribution in [3.05, 3.63) is 14.1 Å². The van der Waals surface area contributed by atoms with E-state index in [4.69, 9.17) is 28.9 Å². The molecule has 14 heteroatoms. The van der Waals surface area contributed by atoms with E-state index in [-0.39, 0.29) is 29.4 Å². The molecular formula is C30H41BrF2IN5O5. The van der Waals surface area contributed by atoms with Crippen molar-refractivity contribution in [3.63, 3.8) is 0 Å². The van der Waals surface area contributed by atoms with Crippen LogP contribution in [0.15, 0.2) is 10.5 Å². The smallest absolute Gasteiger partial charge is 0.410 e. The van der Waals surface area contributed by atoms with Crippen molar-refractivity contribution in [1.82, 2.24) is 19.8 Å². The van der Waals surface area contributed by atoms with Crippen molar-refractivity contribution < 1.29 is 32.5 Å². The number of aromatic nitrogens is 2. The molecule has 0 bridgehead atoms. The minimum Gasteiger partial charge on any atom is -0.484 e.